The predicted octanol–water partition coefficient (Wildman–Crippen LogP) is 1.58. The smallest absolute Gasteiger partial charge is 0.349 e. The van der Waals surface area contributed by atoms with Crippen molar-refractivity contribution in [3.05, 3.63) is 89.3 Å². The lowest BCUT2D eigenvalue weighted by atomic mass is 10.1. The molecule has 0 aliphatic carbocycles. The fourth-order valence-electron chi connectivity index (χ4n) is 3.42. The van der Waals surface area contributed by atoms with E-state index in [1.165, 1.54) is 4.40 Å². The summed E-state index contributed by atoms with van der Waals surface area (Å²) in [5.74, 6) is -0.359. The molecule has 3 heterocycles. The van der Waals surface area contributed by atoms with Crippen molar-refractivity contribution in [2.24, 2.45) is 0 Å². The minimum absolute atomic E-state index is 0.133. The third-order valence-electron chi connectivity index (χ3n) is 4.76. The lowest BCUT2D eigenvalue weighted by Gasteiger charge is -2.17. The molecule has 7 heteroatoms. The monoisotopic (exact) mass is 369 g/mol. The standard InChI is InChI=1S/C21H15N5O2/c27-20-19(15-8-2-1-3-9-15)21(28)25(18-12-6-7-13-24(18)20)14-26-17-11-5-4-10-16(17)22-23-26/h1-13H,14H2. The summed E-state index contributed by atoms with van der Waals surface area (Å²) in [4.78, 5) is 13.0. The van der Waals surface area contributed by atoms with Gasteiger partial charge in [0.1, 0.15) is 11.1 Å². The number of hydrogen-bond donors (Lipinski definition) is 0. The van der Waals surface area contributed by atoms with Crippen LogP contribution in [0.25, 0.3) is 27.8 Å². The zero-order valence-corrected chi connectivity index (χ0v) is 14.8. The molecule has 0 fully saturated rings. The molecular weight excluding hydrogens is 354 g/mol. The number of rotatable bonds is 3. The molecule has 2 aromatic carbocycles. The molecule has 136 valence electrons. The molecule has 0 atom stereocenters. The highest BCUT2D eigenvalue weighted by Crippen LogP contribution is 2.21. The third-order valence-corrected chi connectivity index (χ3v) is 4.76. The van der Waals surface area contributed by atoms with Gasteiger partial charge in [0, 0.05) is 6.07 Å². The van der Waals surface area contributed by atoms with Crippen molar-refractivity contribution in [1.29, 1.82) is 0 Å². The Bertz CT molecular complexity index is 1370. The Morgan fingerprint density at radius 2 is 1.68 bits per heavy atom. The van der Waals surface area contributed by atoms with Crippen LogP contribution in [0.15, 0.2) is 83.8 Å². The van der Waals surface area contributed by atoms with Crippen LogP contribution in [-0.2, 0) is 6.67 Å². The quantitative estimate of drug-likeness (QED) is 0.452. The molecule has 0 radical (unpaired) electrons. The Balaban J connectivity index is 1.80. The number of nitrogens with zero attached hydrogens (tertiary/aromatic N) is 5. The first-order valence-electron chi connectivity index (χ1n) is 8.82. The lowest BCUT2D eigenvalue weighted by molar-refractivity contribution is -0.720. The van der Waals surface area contributed by atoms with Gasteiger partial charge in [-0.05, 0) is 23.8 Å². The first-order chi connectivity index (χ1) is 13.7. The maximum Gasteiger partial charge on any atom is 0.349 e. The van der Waals surface area contributed by atoms with Crippen molar-refractivity contribution in [2.75, 3.05) is 0 Å². The molecule has 0 bridgehead atoms. The zero-order chi connectivity index (χ0) is 19.1. The molecule has 5 aromatic rings. The van der Waals surface area contributed by atoms with Crippen LogP contribution in [0.4, 0.5) is 0 Å². The molecule has 0 saturated carbocycles. The number of aromatic nitrogens is 5. The molecule has 0 amide bonds. The summed E-state index contributed by atoms with van der Waals surface area (Å²) in [6.07, 6.45) is 1.67. The van der Waals surface area contributed by atoms with E-state index < -0.39 is 0 Å². The second-order valence-electron chi connectivity index (χ2n) is 6.43. The molecule has 0 aliphatic heterocycles. The van der Waals surface area contributed by atoms with Crippen LogP contribution < -0.4 is 15.2 Å². The Labute approximate surface area is 159 Å². The van der Waals surface area contributed by atoms with Crippen molar-refractivity contribution in [1.82, 2.24) is 19.4 Å². The third kappa shape index (κ3) is 2.44. The molecule has 7 nitrogen and oxygen atoms in total. The van der Waals surface area contributed by atoms with Crippen molar-refractivity contribution in [3.8, 4) is 17.0 Å². The Morgan fingerprint density at radius 1 is 0.929 bits per heavy atom. The fraction of sp³-hybridized carbons (Fsp3) is 0.0476. The Kier molecular flexibility index (Phi) is 3.65. The number of para-hydroxylation sites is 1. The summed E-state index contributed by atoms with van der Waals surface area (Å²) in [7, 11) is 0. The highest BCUT2D eigenvalue weighted by atomic mass is 16.3. The maximum absolute atomic E-state index is 13.4. The van der Waals surface area contributed by atoms with Crippen molar-refractivity contribution < 1.29 is 9.67 Å². The summed E-state index contributed by atoms with van der Waals surface area (Å²) in [5, 5.41) is 21.7. The first-order valence-corrected chi connectivity index (χ1v) is 8.82. The van der Waals surface area contributed by atoms with E-state index in [4.69, 9.17) is 0 Å². The van der Waals surface area contributed by atoms with Crippen LogP contribution in [-0.4, -0.2) is 19.4 Å². The van der Waals surface area contributed by atoms with Gasteiger partial charge in [-0.25, -0.2) is 14.0 Å². The largest absolute Gasteiger partial charge is 0.842 e. The minimum atomic E-state index is -0.359. The van der Waals surface area contributed by atoms with Crippen LogP contribution in [0.2, 0.25) is 0 Å². The molecule has 0 aliphatic rings. The van der Waals surface area contributed by atoms with Crippen molar-refractivity contribution in [3.63, 3.8) is 0 Å². The second kappa shape index (κ2) is 6.31. The number of fused-ring (bicyclic) bond motifs is 2. The zero-order valence-electron chi connectivity index (χ0n) is 14.8. The van der Waals surface area contributed by atoms with Crippen LogP contribution in [0, 0.1) is 0 Å². The maximum atomic E-state index is 13.4. The summed E-state index contributed by atoms with van der Waals surface area (Å²) < 4.78 is 4.69. The SMILES string of the molecule is O=c1c(-c2ccccc2)c([O-])[n+](Cn2nnc3ccccc32)c2ccccn12. The first kappa shape index (κ1) is 16.2. The lowest BCUT2D eigenvalue weighted by Crippen LogP contribution is -2.46. The average molecular weight is 369 g/mol. The van der Waals surface area contributed by atoms with Crippen molar-refractivity contribution in [2.45, 2.75) is 6.67 Å². The van der Waals surface area contributed by atoms with Gasteiger partial charge in [0.25, 0.3) is 5.65 Å². The van der Waals surface area contributed by atoms with E-state index >= 15 is 0 Å². The van der Waals surface area contributed by atoms with E-state index in [9.17, 15) is 9.90 Å². The van der Waals surface area contributed by atoms with E-state index in [-0.39, 0.29) is 23.7 Å². The fourth-order valence-corrected chi connectivity index (χ4v) is 3.42. The highest BCUT2D eigenvalue weighted by molar-refractivity contribution is 5.73. The van der Waals surface area contributed by atoms with Crippen LogP contribution in [0.1, 0.15) is 0 Å². The molecule has 0 N–H and O–H groups in total. The Hall–Kier alpha value is -4.00. The molecule has 5 rings (SSSR count). The summed E-state index contributed by atoms with van der Waals surface area (Å²) in [6.45, 7) is 0.146. The van der Waals surface area contributed by atoms with Gasteiger partial charge < -0.3 is 5.11 Å². The van der Waals surface area contributed by atoms with Crippen LogP contribution in [0.5, 0.6) is 5.88 Å². The average Bonchev–Trinajstić information content (AvgIpc) is 3.15. The molecule has 28 heavy (non-hydrogen) atoms. The summed E-state index contributed by atoms with van der Waals surface area (Å²) in [6, 6.07) is 21.9. The van der Waals surface area contributed by atoms with Gasteiger partial charge in [0.2, 0.25) is 0 Å². The number of pyridine rings is 1. The van der Waals surface area contributed by atoms with Gasteiger partial charge in [-0.15, -0.1) is 5.10 Å². The van der Waals surface area contributed by atoms with E-state index in [1.807, 2.05) is 42.5 Å². The van der Waals surface area contributed by atoms with Crippen LogP contribution in [0.3, 0.4) is 0 Å². The van der Waals surface area contributed by atoms with Gasteiger partial charge in [0.15, 0.2) is 6.67 Å². The summed E-state index contributed by atoms with van der Waals surface area (Å²) in [5.41, 5.74) is 2.44. The second-order valence-corrected chi connectivity index (χ2v) is 6.43. The topological polar surface area (TPSA) is 79.1 Å². The minimum Gasteiger partial charge on any atom is -0.842 e. The van der Waals surface area contributed by atoms with Gasteiger partial charge in [-0.1, -0.05) is 53.7 Å². The predicted molar refractivity (Wildman–Crippen MR) is 102 cm³/mol. The van der Waals surface area contributed by atoms with Crippen molar-refractivity contribution >= 4 is 16.7 Å². The van der Waals surface area contributed by atoms with Gasteiger partial charge in [0.05, 0.1) is 17.6 Å². The van der Waals surface area contributed by atoms with Gasteiger partial charge in [-0.3, -0.25) is 0 Å². The molecule has 3 aromatic heterocycles. The van der Waals surface area contributed by atoms with Gasteiger partial charge in [-0.2, -0.15) is 4.40 Å². The van der Waals surface area contributed by atoms with E-state index in [1.54, 1.807) is 45.8 Å². The van der Waals surface area contributed by atoms with E-state index in [0.29, 0.717) is 11.2 Å². The van der Waals surface area contributed by atoms with E-state index in [2.05, 4.69) is 10.3 Å². The molecule has 0 spiro atoms. The van der Waals surface area contributed by atoms with Gasteiger partial charge >= 0.3 is 5.56 Å². The number of benzene rings is 2. The molecule has 0 unspecified atom stereocenters. The van der Waals surface area contributed by atoms with Crippen LogP contribution >= 0.6 is 0 Å². The van der Waals surface area contributed by atoms with E-state index in [0.717, 1.165) is 11.0 Å². The molecular formula is C21H15N5O2. The number of hydrogen-bond acceptors (Lipinski definition) is 4. The molecule has 0 saturated heterocycles. The summed E-state index contributed by atoms with van der Waals surface area (Å²) >= 11 is 0. The Morgan fingerprint density at radius 3 is 2.54 bits per heavy atom. The highest BCUT2D eigenvalue weighted by Gasteiger charge is 2.20. The normalized spacial score (nSPS) is 11.3.